The molecule has 0 bridgehead atoms. The van der Waals surface area contributed by atoms with Gasteiger partial charge in [0.15, 0.2) is 0 Å². The number of carbonyl (C=O) groups excluding carboxylic acids is 1. The summed E-state index contributed by atoms with van der Waals surface area (Å²) in [5, 5.41) is 25.6. The van der Waals surface area contributed by atoms with E-state index in [0.717, 1.165) is 13.0 Å². The van der Waals surface area contributed by atoms with Crippen molar-refractivity contribution in [1.29, 1.82) is 5.26 Å². The zero-order valence-corrected chi connectivity index (χ0v) is 19.1. The van der Waals surface area contributed by atoms with Gasteiger partial charge in [-0.2, -0.15) is 5.26 Å². The zero-order valence-electron chi connectivity index (χ0n) is 19.1. The summed E-state index contributed by atoms with van der Waals surface area (Å²) in [4.78, 5) is 12.5. The second kappa shape index (κ2) is 9.66. The first-order valence-electron chi connectivity index (χ1n) is 11.2. The quantitative estimate of drug-likeness (QED) is 0.620. The highest BCUT2D eigenvalue weighted by molar-refractivity contribution is 5.82. The van der Waals surface area contributed by atoms with Crippen molar-refractivity contribution in [3.63, 3.8) is 0 Å². The van der Waals surface area contributed by atoms with Gasteiger partial charge in [-0.1, -0.05) is 0 Å². The van der Waals surface area contributed by atoms with E-state index in [1.54, 1.807) is 0 Å². The molecular formula is C25H27F2N3O4. The molecule has 34 heavy (non-hydrogen) atoms. The van der Waals surface area contributed by atoms with Gasteiger partial charge in [0.1, 0.15) is 36.1 Å². The average Bonchev–Trinajstić information content (AvgIpc) is 3.07. The van der Waals surface area contributed by atoms with Crippen LogP contribution < -0.4 is 15.4 Å². The number of hydrogen-bond acceptors (Lipinski definition) is 6. The molecule has 1 saturated heterocycles. The molecule has 1 fully saturated rings. The predicted octanol–water partition coefficient (Wildman–Crippen LogP) is 2.68. The summed E-state index contributed by atoms with van der Waals surface area (Å²) in [6.07, 6.45) is 0.0199. The smallest absolute Gasteiger partial charge is 0.251 e. The van der Waals surface area contributed by atoms with Crippen LogP contribution in [0.2, 0.25) is 0 Å². The molecule has 0 spiro atoms. The second-order valence-corrected chi connectivity index (χ2v) is 9.09. The molecule has 2 atom stereocenters. The van der Waals surface area contributed by atoms with Crippen LogP contribution in [0, 0.1) is 23.0 Å². The normalized spacial score (nSPS) is 18.5. The number of carbonyl (C=O) groups is 1. The lowest BCUT2D eigenvalue weighted by Gasteiger charge is -2.26. The van der Waals surface area contributed by atoms with E-state index in [-0.39, 0.29) is 24.2 Å². The van der Waals surface area contributed by atoms with Crippen molar-refractivity contribution in [1.82, 2.24) is 10.6 Å². The van der Waals surface area contributed by atoms with Crippen molar-refractivity contribution in [3.05, 3.63) is 52.6 Å². The lowest BCUT2D eigenvalue weighted by atomic mass is 9.88. The molecule has 9 heteroatoms. The molecule has 3 N–H and O–H groups in total. The highest BCUT2D eigenvalue weighted by Gasteiger charge is 2.28. The van der Waals surface area contributed by atoms with Gasteiger partial charge in [-0.15, -0.1) is 0 Å². The fraction of sp³-hybridized carbons (Fsp3) is 0.440. The third-order valence-corrected chi connectivity index (χ3v) is 6.01. The topological polar surface area (TPSA) is 104 Å². The predicted molar refractivity (Wildman–Crippen MR) is 120 cm³/mol. The molecule has 0 saturated carbocycles. The molecule has 0 unspecified atom stereocenters. The number of amides is 1. The number of halogens is 2. The van der Waals surface area contributed by atoms with Crippen LogP contribution in [0.25, 0.3) is 11.1 Å². The van der Waals surface area contributed by atoms with Crippen molar-refractivity contribution >= 4 is 5.91 Å². The summed E-state index contributed by atoms with van der Waals surface area (Å²) in [6.45, 7) is 4.58. The number of fused-ring (bicyclic) bond motifs is 3. The van der Waals surface area contributed by atoms with Crippen LogP contribution in [-0.4, -0.2) is 42.9 Å². The van der Waals surface area contributed by atoms with Gasteiger partial charge in [-0.25, -0.2) is 8.78 Å². The summed E-state index contributed by atoms with van der Waals surface area (Å²) < 4.78 is 40.8. The number of nitriles is 1. The van der Waals surface area contributed by atoms with Gasteiger partial charge in [0.25, 0.3) is 5.91 Å². The molecule has 4 rings (SSSR count). The maximum atomic E-state index is 15.1. The molecule has 1 amide bonds. The molecule has 2 heterocycles. The maximum absolute atomic E-state index is 15.1. The van der Waals surface area contributed by atoms with E-state index in [2.05, 4.69) is 10.6 Å². The summed E-state index contributed by atoms with van der Waals surface area (Å²) in [5.41, 5.74) is 0.455. The zero-order chi connectivity index (χ0) is 24.5. The van der Waals surface area contributed by atoms with Gasteiger partial charge in [0.2, 0.25) is 0 Å². The van der Waals surface area contributed by atoms with E-state index in [4.69, 9.17) is 9.47 Å². The molecule has 2 aromatic carbocycles. The Hall–Kier alpha value is -3.06. The van der Waals surface area contributed by atoms with Gasteiger partial charge >= 0.3 is 0 Å². The lowest BCUT2D eigenvalue weighted by Crippen LogP contribution is -2.46. The van der Waals surface area contributed by atoms with Crippen LogP contribution in [0.15, 0.2) is 24.3 Å². The standard InChI is InChI=1S/C25H27F2N3O4/c1-25(2,32)19-9-17-15(7-21(19)27)13-34-22-8-14(20(26)10-18(17)22)6-16(11-28)30-24(31)23-12-29-4-3-5-33-23/h7-10,16,23,29,32H,3-6,12-13H2,1-2H3,(H,30,31)/t16-,23-/m0/s1. The molecular weight excluding hydrogens is 444 g/mol. The fourth-order valence-corrected chi connectivity index (χ4v) is 4.19. The monoisotopic (exact) mass is 471 g/mol. The Bertz CT molecular complexity index is 1130. The van der Waals surface area contributed by atoms with Crippen molar-refractivity contribution in [2.45, 2.75) is 51.0 Å². The Morgan fingerprint density at radius 1 is 1.29 bits per heavy atom. The summed E-state index contributed by atoms with van der Waals surface area (Å²) >= 11 is 0. The molecule has 2 aromatic rings. The Labute approximate surface area is 196 Å². The minimum Gasteiger partial charge on any atom is -0.488 e. The molecule has 2 aliphatic heterocycles. The van der Waals surface area contributed by atoms with Crippen molar-refractivity contribution in [2.75, 3.05) is 19.7 Å². The van der Waals surface area contributed by atoms with Crippen molar-refractivity contribution < 1.29 is 28.2 Å². The molecule has 0 radical (unpaired) electrons. The molecule has 0 aromatic heterocycles. The van der Waals surface area contributed by atoms with Crippen molar-refractivity contribution in [3.8, 4) is 22.9 Å². The Morgan fingerprint density at radius 3 is 2.82 bits per heavy atom. The first kappa shape index (κ1) is 24.1. The third-order valence-electron chi connectivity index (χ3n) is 6.01. The molecule has 2 aliphatic rings. The number of nitrogens with zero attached hydrogens (tertiary/aromatic N) is 1. The summed E-state index contributed by atoms with van der Waals surface area (Å²) in [7, 11) is 0. The van der Waals surface area contributed by atoms with E-state index in [0.29, 0.717) is 35.6 Å². The fourth-order valence-electron chi connectivity index (χ4n) is 4.19. The average molecular weight is 472 g/mol. The van der Waals surface area contributed by atoms with E-state index >= 15 is 4.39 Å². The lowest BCUT2D eigenvalue weighted by molar-refractivity contribution is -0.132. The maximum Gasteiger partial charge on any atom is 0.251 e. The van der Waals surface area contributed by atoms with E-state index < -0.39 is 35.3 Å². The van der Waals surface area contributed by atoms with Crippen LogP contribution in [0.5, 0.6) is 5.75 Å². The summed E-state index contributed by atoms with van der Waals surface area (Å²) in [6, 6.07) is 6.64. The van der Waals surface area contributed by atoms with Gasteiger partial charge in [-0.05, 0) is 62.2 Å². The van der Waals surface area contributed by atoms with Gasteiger partial charge in [0, 0.05) is 36.3 Å². The number of benzene rings is 2. The number of rotatable bonds is 5. The SMILES string of the molecule is CC(C)(O)c1cc2c(cc1F)COc1cc(C[C@@H](C#N)NC(=O)[C@@H]3CNCCCO3)c(F)cc1-2. The minimum atomic E-state index is -1.41. The first-order chi connectivity index (χ1) is 16.2. The Morgan fingerprint density at radius 2 is 2.09 bits per heavy atom. The highest BCUT2D eigenvalue weighted by atomic mass is 19.1. The third kappa shape index (κ3) is 5.04. The summed E-state index contributed by atoms with van der Waals surface area (Å²) in [5.74, 6) is -1.18. The number of hydrogen-bond donors (Lipinski definition) is 3. The van der Waals surface area contributed by atoms with Crippen LogP contribution in [-0.2, 0) is 28.2 Å². The van der Waals surface area contributed by atoms with Gasteiger partial charge in [0.05, 0.1) is 11.7 Å². The minimum absolute atomic E-state index is 0.0595. The van der Waals surface area contributed by atoms with Crippen LogP contribution in [0.1, 0.15) is 37.0 Å². The van der Waals surface area contributed by atoms with Gasteiger partial charge < -0.3 is 25.2 Å². The van der Waals surface area contributed by atoms with E-state index in [1.165, 1.54) is 38.1 Å². The van der Waals surface area contributed by atoms with Crippen LogP contribution in [0.4, 0.5) is 8.78 Å². The van der Waals surface area contributed by atoms with Gasteiger partial charge in [-0.3, -0.25) is 4.79 Å². The van der Waals surface area contributed by atoms with Crippen LogP contribution in [0.3, 0.4) is 0 Å². The molecule has 180 valence electrons. The van der Waals surface area contributed by atoms with Crippen LogP contribution >= 0.6 is 0 Å². The second-order valence-electron chi connectivity index (χ2n) is 9.09. The number of ether oxygens (including phenoxy) is 2. The van der Waals surface area contributed by atoms with E-state index in [1.807, 2.05) is 6.07 Å². The van der Waals surface area contributed by atoms with E-state index in [9.17, 15) is 19.6 Å². The first-order valence-corrected chi connectivity index (χ1v) is 11.2. The van der Waals surface area contributed by atoms with Crippen molar-refractivity contribution in [2.24, 2.45) is 0 Å². The highest BCUT2D eigenvalue weighted by Crippen LogP contribution is 2.41. The largest absolute Gasteiger partial charge is 0.488 e. The number of nitrogens with one attached hydrogen (secondary N) is 2. The number of aliphatic hydroxyl groups is 1. The Kier molecular flexibility index (Phi) is 6.84. The molecule has 7 nitrogen and oxygen atoms in total. The molecule has 0 aliphatic carbocycles. The Balaban J connectivity index is 1.57.